The Balaban J connectivity index is 1.99. The van der Waals surface area contributed by atoms with Gasteiger partial charge in [0.15, 0.2) is 18.1 Å². The highest BCUT2D eigenvalue weighted by molar-refractivity contribution is 7.07. The van der Waals surface area contributed by atoms with Crippen molar-refractivity contribution in [3.63, 3.8) is 0 Å². The number of hydrogen-bond donors (Lipinski definition) is 2. The molecule has 0 saturated carbocycles. The van der Waals surface area contributed by atoms with Gasteiger partial charge in [0, 0.05) is 12.1 Å². The van der Waals surface area contributed by atoms with Crippen LogP contribution in [0.2, 0.25) is 0 Å². The molecular formula is C17H19NO5S. The molecule has 0 atom stereocenters. The minimum Gasteiger partial charge on any atom is -0.490 e. The van der Waals surface area contributed by atoms with Crippen LogP contribution in [0.5, 0.6) is 11.5 Å². The van der Waals surface area contributed by atoms with Gasteiger partial charge in [-0.25, -0.2) is 4.79 Å². The number of thiophene rings is 1. The van der Waals surface area contributed by atoms with Gasteiger partial charge in [-0.05, 0) is 53.9 Å². The number of rotatable bonds is 9. The van der Waals surface area contributed by atoms with Gasteiger partial charge in [0.05, 0.1) is 6.61 Å². The summed E-state index contributed by atoms with van der Waals surface area (Å²) in [6.45, 7) is 2.25. The fourth-order valence-corrected chi connectivity index (χ4v) is 2.74. The van der Waals surface area contributed by atoms with Gasteiger partial charge < -0.3 is 19.9 Å². The van der Waals surface area contributed by atoms with E-state index in [1.807, 2.05) is 16.8 Å². The zero-order chi connectivity index (χ0) is 17.4. The third kappa shape index (κ3) is 5.27. The van der Waals surface area contributed by atoms with E-state index in [4.69, 9.17) is 14.6 Å². The van der Waals surface area contributed by atoms with E-state index in [2.05, 4.69) is 5.32 Å². The Morgan fingerprint density at radius 3 is 2.71 bits per heavy atom. The quantitative estimate of drug-likeness (QED) is 0.727. The van der Waals surface area contributed by atoms with Gasteiger partial charge in [-0.1, -0.05) is 0 Å². The van der Waals surface area contributed by atoms with Crippen molar-refractivity contribution in [2.45, 2.75) is 13.3 Å². The van der Waals surface area contributed by atoms with Crippen LogP contribution in [-0.4, -0.2) is 36.7 Å². The number of carboxylic acids is 1. The Labute approximate surface area is 144 Å². The Hall–Kier alpha value is -2.54. The fourth-order valence-electron chi connectivity index (χ4n) is 2.03. The lowest BCUT2D eigenvalue weighted by Crippen LogP contribution is -2.25. The number of carbonyl (C=O) groups is 2. The van der Waals surface area contributed by atoms with E-state index in [1.54, 1.807) is 36.5 Å². The summed E-state index contributed by atoms with van der Waals surface area (Å²) in [5, 5.41) is 15.6. The summed E-state index contributed by atoms with van der Waals surface area (Å²) < 4.78 is 10.6. The number of aliphatic carboxylic acids is 1. The molecule has 1 amide bonds. The van der Waals surface area contributed by atoms with Crippen molar-refractivity contribution in [1.29, 1.82) is 0 Å². The van der Waals surface area contributed by atoms with E-state index in [0.717, 1.165) is 6.42 Å². The summed E-state index contributed by atoms with van der Waals surface area (Å²) in [6, 6.07) is 6.71. The van der Waals surface area contributed by atoms with Crippen LogP contribution in [-0.2, 0) is 11.2 Å². The van der Waals surface area contributed by atoms with E-state index in [-0.39, 0.29) is 5.91 Å². The molecule has 2 aromatic rings. The first-order chi connectivity index (χ1) is 11.6. The van der Waals surface area contributed by atoms with Crippen LogP contribution in [0.3, 0.4) is 0 Å². The minimum absolute atomic E-state index is 0.212. The normalized spacial score (nSPS) is 10.2. The number of ether oxygens (including phenoxy) is 2. The van der Waals surface area contributed by atoms with Crippen molar-refractivity contribution in [1.82, 2.24) is 5.32 Å². The van der Waals surface area contributed by atoms with E-state index >= 15 is 0 Å². The van der Waals surface area contributed by atoms with E-state index < -0.39 is 12.6 Å². The van der Waals surface area contributed by atoms with Gasteiger partial charge in [0.2, 0.25) is 0 Å². The molecule has 6 nitrogen and oxygen atoms in total. The predicted octanol–water partition coefficient (Wildman–Crippen LogP) is 2.58. The van der Waals surface area contributed by atoms with Crippen molar-refractivity contribution in [3.05, 3.63) is 46.2 Å². The highest BCUT2D eigenvalue weighted by Crippen LogP contribution is 2.28. The van der Waals surface area contributed by atoms with Gasteiger partial charge in [-0.3, -0.25) is 4.79 Å². The Morgan fingerprint density at radius 1 is 1.21 bits per heavy atom. The first-order valence-corrected chi connectivity index (χ1v) is 8.45. The first-order valence-electron chi connectivity index (χ1n) is 7.51. The summed E-state index contributed by atoms with van der Waals surface area (Å²) in [5.41, 5.74) is 1.62. The molecule has 1 heterocycles. The molecule has 0 saturated heterocycles. The summed E-state index contributed by atoms with van der Waals surface area (Å²) in [7, 11) is 0. The van der Waals surface area contributed by atoms with Crippen LogP contribution >= 0.6 is 11.3 Å². The first kappa shape index (κ1) is 17.8. The second-order valence-corrected chi connectivity index (χ2v) is 5.69. The molecule has 0 spiro atoms. The highest BCUT2D eigenvalue weighted by Gasteiger charge is 2.12. The molecule has 24 heavy (non-hydrogen) atoms. The summed E-state index contributed by atoms with van der Waals surface area (Å²) >= 11 is 1.63. The van der Waals surface area contributed by atoms with Crippen molar-refractivity contribution in [2.75, 3.05) is 19.8 Å². The topological polar surface area (TPSA) is 84.9 Å². The maximum atomic E-state index is 12.2. The molecular weight excluding hydrogens is 330 g/mol. The molecule has 0 aliphatic rings. The largest absolute Gasteiger partial charge is 0.490 e. The average Bonchev–Trinajstić information content (AvgIpc) is 3.07. The van der Waals surface area contributed by atoms with Crippen LogP contribution in [0, 0.1) is 0 Å². The van der Waals surface area contributed by atoms with Crippen molar-refractivity contribution in [3.8, 4) is 11.5 Å². The van der Waals surface area contributed by atoms with Gasteiger partial charge in [-0.2, -0.15) is 11.3 Å². The van der Waals surface area contributed by atoms with E-state index in [0.29, 0.717) is 30.2 Å². The van der Waals surface area contributed by atoms with Crippen LogP contribution in [0.15, 0.2) is 35.0 Å². The number of nitrogens with one attached hydrogen (secondary N) is 1. The lowest BCUT2D eigenvalue weighted by atomic mass is 10.1. The maximum Gasteiger partial charge on any atom is 0.341 e. The van der Waals surface area contributed by atoms with Gasteiger partial charge >= 0.3 is 5.97 Å². The smallest absolute Gasteiger partial charge is 0.341 e. The molecule has 1 aromatic heterocycles. The molecule has 1 aromatic carbocycles. The zero-order valence-electron chi connectivity index (χ0n) is 13.3. The van der Waals surface area contributed by atoms with Crippen molar-refractivity contribution < 1.29 is 24.2 Å². The molecule has 0 aliphatic heterocycles. The molecule has 2 N–H and O–H groups in total. The summed E-state index contributed by atoms with van der Waals surface area (Å²) in [4.78, 5) is 22.8. The number of benzene rings is 1. The van der Waals surface area contributed by atoms with Crippen LogP contribution in [0.4, 0.5) is 0 Å². The molecule has 0 fully saturated rings. The average molecular weight is 349 g/mol. The Kier molecular flexibility index (Phi) is 6.62. The van der Waals surface area contributed by atoms with Gasteiger partial charge in [0.25, 0.3) is 5.91 Å². The van der Waals surface area contributed by atoms with Crippen LogP contribution in [0.1, 0.15) is 22.8 Å². The molecule has 7 heteroatoms. The van der Waals surface area contributed by atoms with Crippen molar-refractivity contribution in [2.24, 2.45) is 0 Å². The Morgan fingerprint density at radius 2 is 2.04 bits per heavy atom. The van der Waals surface area contributed by atoms with E-state index in [1.165, 1.54) is 5.56 Å². The monoisotopic (exact) mass is 349 g/mol. The van der Waals surface area contributed by atoms with Crippen LogP contribution < -0.4 is 14.8 Å². The molecule has 0 aliphatic carbocycles. The lowest BCUT2D eigenvalue weighted by Gasteiger charge is -2.12. The minimum atomic E-state index is -1.08. The molecule has 0 bridgehead atoms. The standard InChI is InChI=1S/C17H19NO5S/c1-2-22-15-9-13(3-4-14(15)23-10-16(19)20)17(21)18-7-5-12-6-8-24-11-12/h3-4,6,8-9,11H,2,5,7,10H2,1H3,(H,18,21)(H,19,20). The second-order valence-electron chi connectivity index (χ2n) is 4.91. The Bertz CT molecular complexity index is 684. The second kappa shape index (κ2) is 8.93. The fraction of sp³-hybridized carbons (Fsp3) is 0.294. The highest BCUT2D eigenvalue weighted by atomic mass is 32.1. The van der Waals surface area contributed by atoms with Gasteiger partial charge in [-0.15, -0.1) is 0 Å². The zero-order valence-corrected chi connectivity index (χ0v) is 14.1. The number of hydrogen-bond acceptors (Lipinski definition) is 5. The van der Waals surface area contributed by atoms with Gasteiger partial charge in [0.1, 0.15) is 0 Å². The number of amides is 1. The maximum absolute atomic E-state index is 12.2. The SMILES string of the molecule is CCOc1cc(C(=O)NCCc2ccsc2)ccc1OCC(=O)O. The molecule has 0 radical (unpaired) electrons. The summed E-state index contributed by atoms with van der Waals surface area (Å²) in [5.74, 6) is -0.637. The third-order valence-electron chi connectivity index (χ3n) is 3.14. The van der Waals surface area contributed by atoms with E-state index in [9.17, 15) is 9.59 Å². The predicted molar refractivity (Wildman–Crippen MR) is 91.1 cm³/mol. The molecule has 2 rings (SSSR count). The molecule has 128 valence electrons. The number of carbonyl (C=O) groups excluding carboxylic acids is 1. The van der Waals surface area contributed by atoms with Crippen LogP contribution in [0.25, 0.3) is 0 Å². The lowest BCUT2D eigenvalue weighted by molar-refractivity contribution is -0.139. The number of carboxylic acid groups (broad SMARTS) is 1. The third-order valence-corrected chi connectivity index (χ3v) is 3.87. The summed E-state index contributed by atoms with van der Waals surface area (Å²) in [6.07, 6.45) is 0.771. The molecule has 0 unspecified atom stereocenters. The van der Waals surface area contributed by atoms with Crippen molar-refractivity contribution >= 4 is 23.2 Å².